The molecule has 2 atom stereocenters. The first-order valence-electron chi connectivity index (χ1n) is 7.66. The van der Waals surface area contributed by atoms with Crippen molar-refractivity contribution in [3.8, 4) is 5.75 Å². The SMILES string of the molecule is NC[C@@H]1OC(=O)N2Cc3cc(N4CCOCC4)c(F)cc3O[C@@H]12. The van der Waals surface area contributed by atoms with Crippen molar-refractivity contribution in [1.29, 1.82) is 0 Å². The molecule has 23 heavy (non-hydrogen) atoms. The van der Waals surface area contributed by atoms with Crippen LogP contribution in [0.4, 0.5) is 14.9 Å². The zero-order valence-electron chi connectivity index (χ0n) is 12.5. The van der Waals surface area contributed by atoms with Crippen LogP contribution in [-0.4, -0.2) is 56.2 Å². The van der Waals surface area contributed by atoms with Gasteiger partial charge in [-0.15, -0.1) is 0 Å². The maximum Gasteiger partial charge on any atom is 0.413 e. The van der Waals surface area contributed by atoms with E-state index >= 15 is 0 Å². The van der Waals surface area contributed by atoms with Crippen LogP contribution in [0.2, 0.25) is 0 Å². The van der Waals surface area contributed by atoms with Gasteiger partial charge < -0.3 is 24.8 Å². The Morgan fingerprint density at radius 1 is 1.26 bits per heavy atom. The number of benzene rings is 1. The van der Waals surface area contributed by atoms with Crippen molar-refractivity contribution < 1.29 is 23.4 Å². The van der Waals surface area contributed by atoms with Crippen LogP contribution in [0.25, 0.3) is 0 Å². The molecule has 1 amide bonds. The van der Waals surface area contributed by atoms with Crippen molar-refractivity contribution in [1.82, 2.24) is 4.90 Å². The van der Waals surface area contributed by atoms with E-state index in [1.165, 1.54) is 11.0 Å². The van der Waals surface area contributed by atoms with Gasteiger partial charge in [0.25, 0.3) is 0 Å². The number of anilines is 1. The number of morpholine rings is 1. The molecule has 3 aliphatic heterocycles. The number of nitrogens with two attached hydrogens (primary N) is 1. The van der Waals surface area contributed by atoms with E-state index in [4.69, 9.17) is 19.9 Å². The van der Waals surface area contributed by atoms with Crippen molar-refractivity contribution in [2.45, 2.75) is 18.9 Å². The van der Waals surface area contributed by atoms with E-state index < -0.39 is 18.4 Å². The monoisotopic (exact) mass is 323 g/mol. The van der Waals surface area contributed by atoms with E-state index in [2.05, 4.69) is 0 Å². The Morgan fingerprint density at radius 2 is 2.04 bits per heavy atom. The molecular formula is C15H18FN3O4. The number of hydrogen-bond donors (Lipinski definition) is 1. The molecule has 124 valence electrons. The number of halogens is 1. The average Bonchev–Trinajstić information content (AvgIpc) is 2.88. The first kappa shape index (κ1) is 14.5. The van der Waals surface area contributed by atoms with E-state index in [0.717, 1.165) is 5.56 Å². The molecule has 3 aliphatic rings. The predicted molar refractivity (Wildman–Crippen MR) is 78.7 cm³/mol. The van der Waals surface area contributed by atoms with Gasteiger partial charge in [0.05, 0.1) is 25.4 Å². The van der Waals surface area contributed by atoms with Crippen LogP contribution in [0.5, 0.6) is 5.75 Å². The van der Waals surface area contributed by atoms with Crippen molar-refractivity contribution in [2.75, 3.05) is 37.7 Å². The van der Waals surface area contributed by atoms with Gasteiger partial charge in [0.15, 0.2) is 6.10 Å². The molecule has 8 heteroatoms. The Kier molecular flexibility index (Phi) is 3.50. The van der Waals surface area contributed by atoms with E-state index in [1.807, 2.05) is 4.90 Å². The fourth-order valence-corrected chi connectivity index (χ4v) is 3.20. The second-order valence-corrected chi connectivity index (χ2v) is 5.80. The normalized spacial score (nSPS) is 26.4. The molecule has 0 bridgehead atoms. The van der Waals surface area contributed by atoms with Crippen LogP contribution < -0.4 is 15.4 Å². The van der Waals surface area contributed by atoms with Crippen molar-refractivity contribution in [2.24, 2.45) is 5.73 Å². The number of hydrogen-bond acceptors (Lipinski definition) is 6. The molecule has 0 unspecified atom stereocenters. The van der Waals surface area contributed by atoms with Gasteiger partial charge in [-0.05, 0) is 6.07 Å². The van der Waals surface area contributed by atoms with Crippen LogP contribution >= 0.6 is 0 Å². The fraction of sp³-hybridized carbons (Fsp3) is 0.533. The van der Waals surface area contributed by atoms with Gasteiger partial charge in [0.1, 0.15) is 11.6 Å². The molecule has 1 aromatic carbocycles. The van der Waals surface area contributed by atoms with Crippen LogP contribution in [0.3, 0.4) is 0 Å². The minimum absolute atomic E-state index is 0.163. The van der Waals surface area contributed by atoms with Gasteiger partial charge in [0, 0.05) is 31.3 Å². The summed E-state index contributed by atoms with van der Waals surface area (Å²) in [6.07, 6.45) is -1.57. The van der Waals surface area contributed by atoms with Gasteiger partial charge in [0.2, 0.25) is 6.23 Å². The number of fused-ring (bicyclic) bond motifs is 2. The summed E-state index contributed by atoms with van der Waals surface area (Å²) in [4.78, 5) is 15.3. The number of rotatable bonds is 2. The van der Waals surface area contributed by atoms with Crippen LogP contribution in [0.15, 0.2) is 12.1 Å². The topological polar surface area (TPSA) is 77.3 Å². The Labute approximate surface area is 132 Å². The largest absolute Gasteiger partial charge is 0.466 e. The lowest BCUT2D eigenvalue weighted by atomic mass is 10.1. The highest BCUT2D eigenvalue weighted by atomic mass is 19.1. The number of carbonyl (C=O) groups is 1. The number of cyclic esters (lactones) is 1. The molecule has 1 aromatic rings. The molecule has 7 nitrogen and oxygen atoms in total. The lowest BCUT2D eigenvalue weighted by Gasteiger charge is -2.34. The van der Waals surface area contributed by atoms with Gasteiger partial charge >= 0.3 is 6.09 Å². The molecule has 0 aliphatic carbocycles. The van der Waals surface area contributed by atoms with Gasteiger partial charge in [-0.1, -0.05) is 0 Å². The number of nitrogens with zero attached hydrogens (tertiary/aromatic N) is 2. The lowest BCUT2D eigenvalue weighted by molar-refractivity contribution is 0.0218. The second kappa shape index (κ2) is 5.54. The number of amides is 1. The highest BCUT2D eigenvalue weighted by Crippen LogP contribution is 2.37. The predicted octanol–water partition coefficient (Wildman–Crippen LogP) is 0.660. The van der Waals surface area contributed by atoms with Crippen LogP contribution in [-0.2, 0) is 16.0 Å². The third-order valence-corrected chi connectivity index (χ3v) is 4.41. The van der Waals surface area contributed by atoms with E-state index in [9.17, 15) is 9.18 Å². The fourth-order valence-electron chi connectivity index (χ4n) is 3.20. The first-order valence-corrected chi connectivity index (χ1v) is 7.66. The Morgan fingerprint density at radius 3 is 2.78 bits per heavy atom. The molecule has 0 aromatic heterocycles. The minimum Gasteiger partial charge on any atom is -0.466 e. The average molecular weight is 323 g/mol. The molecule has 2 fully saturated rings. The Bertz CT molecular complexity index is 635. The molecule has 0 saturated carbocycles. The van der Waals surface area contributed by atoms with Gasteiger partial charge in [-0.3, -0.25) is 4.90 Å². The molecule has 0 spiro atoms. The summed E-state index contributed by atoms with van der Waals surface area (Å²) < 4.78 is 30.7. The lowest BCUT2D eigenvalue weighted by Crippen LogP contribution is -2.46. The maximum absolute atomic E-state index is 14.5. The highest BCUT2D eigenvalue weighted by molar-refractivity contribution is 5.71. The third-order valence-electron chi connectivity index (χ3n) is 4.41. The molecule has 4 rings (SSSR count). The quantitative estimate of drug-likeness (QED) is 0.861. The minimum atomic E-state index is -0.589. The summed E-state index contributed by atoms with van der Waals surface area (Å²) in [5.74, 6) is 0.103. The first-order chi connectivity index (χ1) is 11.2. The third kappa shape index (κ3) is 2.38. The smallest absolute Gasteiger partial charge is 0.413 e. The zero-order valence-corrected chi connectivity index (χ0v) is 12.5. The molecule has 3 heterocycles. The van der Waals surface area contributed by atoms with Crippen molar-refractivity contribution >= 4 is 11.8 Å². The molecular weight excluding hydrogens is 305 g/mol. The van der Waals surface area contributed by atoms with E-state index in [-0.39, 0.29) is 12.4 Å². The molecule has 0 radical (unpaired) electrons. The van der Waals surface area contributed by atoms with Gasteiger partial charge in [-0.2, -0.15) is 0 Å². The van der Waals surface area contributed by atoms with Crippen LogP contribution in [0, 0.1) is 5.82 Å². The Hall–Kier alpha value is -2.06. The molecule has 2 saturated heterocycles. The number of ether oxygens (including phenoxy) is 3. The Balaban J connectivity index is 1.65. The zero-order chi connectivity index (χ0) is 16.0. The highest BCUT2D eigenvalue weighted by Gasteiger charge is 2.45. The summed E-state index contributed by atoms with van der Waals surface area (Å²) in [6, 6.07) is 3.13. The number of carbonyl (C=O) groups excluding carboxylic acids is 1. The van der Waals surface area contributed by atoms with E-state index in [1.54, 1.807) is 6.07 Å². The standard InChI is InChI=1S/C15H18FN3O4/c16-10-6-12-9(5-11(10)18-1-3-21-4-2-18)8-19-14(22-12)13(7-17)23-15(19)20/h5-6,13-14H,1-4,7-8,17H2/t13-,14-/m0/s1. The van der Waals surface area contributed by atoms with Gasteiger partial charge in [-0.25, -0.2) is 9.18 Å². The van der Waals surface area contributed by atoms with Crippen molar-refractivity contribution in [3.63, 3.8) is 0 Å². The molecule has 2 N–H and O–H groups in total. The second-order valence-electron chi connectivity index (χ2n) is 5.80. The summed E-state index contributed by atoms with van der Waals surface area (Å²) in [5, 5.41) is 0. The van der Waals surface area contributed by atoms with Crippen LogP contribution in [0.1, 0.15) is 5.56 Å². The summed E-state index contributed by atoms with van der Waals surface area (Å²) in [5.41, 5.74) is 6.87. The summed E-state index contributed by atoms with van der Waals surface area (Å²) >= 11 is 0. The van der Waals surface area contributed by atoms with Crippen molar-refractivity contribution in [3.05, 3.63) is 23.5 Å². The summed E-state index contributed by atoms with van der Waals surface area (Å²) in [6.45, 7) is 2.92. The van der Waals surface area contributed by atoms with E-state index in [0.29, 0.717) is 44.3 Å². The summed E-state index contributed by atoms with van der Waals surface area (Å²) in [7, 11) is 0. The maximum atomic E-state index is 14.5.